The second-order valence-electron chi connectivity index (χ2n) is 11.1. The molecule has 10 heteroatoms. The average Bonchev–Trinajstić information content (AvgIpc) is 3.16. The van der Waals surface area contributed by atoms with Crippen LogP contribution in [0.3, 0.4) is 0 Å². The smallest absolute Gasteiger partial charge is 0.227 e. The molecule has 0 saturated carbocycles. The number of halogens is 3. The number of nitrogens with zero attached hydrogens (tertiary/aromatic N) is 3. The molecule has 0 spiro atoms. The number of sulfonamides is 1. The first-order chi connectivity index (χ1) is 17.7. The van der Waals surface area contributed by atoms with Crippen molar-refractivity contribution in [2.75, 3.05) is 39.0 Å². The van der Waals surface area contributed by atoms with E-state index >= 15 is 0 Å². The Morgan fingerprint density at radius 2 is 1.66 bits per heavy atom. The van der Waals surface area contributed by atoms with Gasteiger partial charge in [-0.05, 0) is 57.9 Å². The molecule has 2 aliphatic rings. The van der Waals surface area contributed by atoms with Crippen molar-refractivity contribution >= 4 is 27.5 Å². The highest BCUT2D eigenvalue weighted by Gasteiger charge is 2.44. The monoisotopic (exact) mass is 569 g/mol. The Bertz CT molecular complexity index is 1210. The van der Waals surface area contributed by atoms with Crippen molar-refractivity contribution in [1.82, 2.24) is 14.1 Å². The molecule has 38 heavy (non-hydrogen) atoms. The summed E-state index contributed by atoms with van der Waals surface area (Å²) >= 11 is 5.54. The molecule has 4 rings (SSSR count). The first-order valence-electron chi connectivity index (χ1n) is 12.8. The number of hydrogen-bond donors (Lipinski definition) is 0. The number of amides is 1. The Hall–Kier alpha value is -2.07. The van der Waals surface area contributed by atoms with Gasteiger partial charge in [0.05, 0.1) is 12.2 Å². The zero-order chi connectivity index (χ0) is 28.3. The lowest BCUT2D eigenvalue weighted by atomic mass is 9.87. The molecule has 1 amide bonds. The second kappa shape index (κ2) is 12.4. The van der Waals surface area contributed by atoms with Crippen LogP contribution in [-0.2, 0) is 14.8 Å². The quantitative estimate of drug-likeness (QED) is 0.522. The first-order valence-corrected chi connectivity index (χ1v) is 15.1. The molecule has 1 unspecified atom stereocenters. The minimum absolute atomic E-state index is 0.0944. The fourth-order valence-corrected chi connectivity index (χ4v) is 6.44. The molecule has 0 bridgehead atoms. The van der Waals surface area contributed by atoms with E-state index in [4.69, 9.17) is 11.6 Å². The van der Waals surface area contributed by atoms with Crippen LogP contribution < -0.4 is 0 Å². The number of carbonyl (C=O) groups excluding carboxylic acids is 1. The molecule has 2 aromatic carbocycles. The van der Waals surface area contributed by atoms with E-state index in [1.54, 1.807) is 4.90 Å². The Labute approximate surface area is 230 Å². The SMILES string of the molecule is CC1CCN(C(=O)[C@@H]2CN(C(C)(C)C)C[C@H]2c2ccc(F)cc2F)CCN1S(C)(=O)=O.Clc1ccccc1. The number of likely N-dealkylation sites (tertiary alicyclic amines) is 1. The summed E-state index contributed by atoms with van der Waals surface area (Å²) in [7, 11) is -3.36. The van der Waals surface area contributed by atoms with Crippen LogP contribution in [0.2, 0.25) is 5.02 Å². The normalized spacial score (nSPS) is 23.5. The van der Waals surface area contributed by atoms with E-state index in [2.05, 4.69) is 25.7 Å². The van der Waals surface area contributed by atoms with Gasteiger partial charge in [0.25, 0.3) is 0 Å². The average molecular weight is 570 g/mol. The van der Waals surface area contributed by atoms with Gasteiger partial charge in [-0.2, -0.15) is 4.31 Å². The van der Waals surface area contributed by atoms with Gasteiger partial charge in [-0.15, -0.1) is 0 Å². The summed E-state index contributed by atoms with van der Waals surface area (Å²) in [6.45, 7) is 9.99. The summed E-state index contributed by atoms with van der Waals surface area (Å²) in [5.74, 6) is -2.23. The van der Waals surface area contributed by atoms with Crippen molar-refractivity contribution in [1.29, 1.82) is 0 Å². The fraction of sp³-hybridized carbons (Fsp3) is 0.536. The van der Waals surface area contributed by atoms with E-state index in [-0.39, 0.29) is 30.0 Å². The van der Waals surface area contributed by atoms with Crippen molar-refractivity contribution in [2.24, 2.45) is 5.92 Å². The van der Waals surface area contributed by atoms with Crippen LogP contribution in [-0.4, -0.2) is 79.0 Å². The van der Waals surface area contributed by atoms with Crippen LogP contribution in [0.15, 0.2) is 48.5 Å². The standard InChI is InChI=1S/C22H33F2N3O3S.C6H5Cl/c1-15-8-9-25(10-11-27(15)31(5,29)30)21(28)19-14-26(22(2,3)4)13-18(19)17-7-6-16(23)12-20(17)24;7-6-4-2-1-3-5-6/h6-7,12,15,18-19H,8-11,13-14H2,1-5H3;1-5H/t15?,18-,19+;/m0./s1. The minimum Gasteiger partial charge on any atom is -0.341 e. The molecule has 0 aliphatic carbocycles. The summed E-state index contributed by atoms with van der Waals surface area (Å²) < 4.78 is 53.7. The molecule has 3 atom stereocenters. The Kier molecular flexibility index (Phi) is 9.95. The van der Waals surface area contributed by atoms with Gasteiger partial charge < -0.3 is 4.90 Å². The lowest BCUT2D eigenvalue weighted by molar-refractivity contribution is -0.135. The summed E-state index contributed by atoms with van der Waals surface area (Å²) in [4.78, 5) is 17.5. The van der Waals surface area contributed by atoms with Gasteiger partial charge in [0.15, 0.2) is 0 Å². The van der Waals surface area contributed by atoms with Crippen LogP contribution in [0.25, 0.3) is 0 Å². The fourth-order valence-electron chi connectivity index (χ4n) is 5.12. The maximum absolute atomic E-state index is 14.6. The van der Waals surface area contributed by atoms with E-state index in [9.17, 15) is 22.0 Å². The molecule has 0 N–H and O–H groups in total. The van der Waals surface area contributed by atoms with Crippen molar-refractivity contribution in [2.45, 2.75) is 51.6 Å². The summed E-state index contributed by atoms with van der Waals surface area (Å²) in [5, 5.41) is 0.794. The number of carbonyl (C=O) groups is 1. The number of hydrogen-bond acceptors (Lipinski definition) is 4. The lowest BCUT2D eigenvalue weighted by Crippen LogP contribution is -2.43. The Morgan fingerprint density at radius 3 is 2.18 bits per heavy atom. The predicted molar refractivity (Wildman–Crippen MR) is 148 cm³/mol. The molecule has 0 aromatic heterocycles. The van der Waals surface area contributed by atoms with Gasteiger partial charge in [0.2, 0.25) is 15.9 Å². The molecule has 2 aromatic rings. The lowest BCUT2D eigenvalue weighted by Gasteiger charge is -2.32. The van der Waals surface area contributed by atoms with Crippen LogP contribution in [0.1, 0.15) is 45.6 Å². The third-order valence-corrected chi connectivity index (χ3v) is 8.96. The van der Waals surface area contributed by atoms with E-state index in [0.29, 0.717) is 38.2 Å². The third-order valence-electron chi connectivity index (χ3n) is 7.32. The van der Waals surface area contributed by atoms with Crippen molar-refractivity contribution < 1.29 is 22.0 Å². The van der Waals surface area contributed by atoms with Gasteiger partial charge >= 0.3 is 0 Å². The molecule has 6 nitrogen and oxygen atoms in total. The first kappa shape index (κ1) is 30.5. The maximum Gasteiger partial charge on any atom is 0.227 e. The van der Waals surface area contributed by atoms with Crippen molar-refractivity contribution in [3.05, 3.63) is 70.8 Å². The zero-order valence-corrected chi connectivity index (χ0v) is 24.3. The summed E-state index contributed by atoms with van der Waals surface area (Å²) in [6.07, 6.45) is 1.73. The van der Waals surface area contributed by atoms with E-state index in [0.717, 1.165) is 11.1 Å². The van der Waals surface area contributed by atoms with Gasteiger partial charge in [-0.1, -0.05) is 35.9 Å². The van der Waals surface area contributed by atoms with Crippen molar-refractivity contribution in [3.63, 3.8) is 0 Å². The highest BCUT2D eigenvalue weighted by atomic mass is 35.5. The molecular weight excluding hydrogens is 532 g/mol. The zero-order valence-electron chi connectivity index (χ0n) is 22.7. The predicted octanol–water partition coefficient (Wildman–Crippen LogP) is 5.00. The molecule has 210 valence electrons. The van der Waals surface area contributed by atoms with Crippen molar-refractivity contribution in [3.8, 4) is 0 Å². The van der Waals surface area contributed by atoms with E-state index < -0.39 is 27.6 Å². The highest BCUT2D eigenvalue weighted by Crippen LogP contribution is 2.38. The van der Waals surface area contributed by atoms with Gasteiger partial charge in [-0.25, -0.2) is 17.2 Å². The van der Waals surface area contributed by atoms with Gasteiger partial charge in [0.1, 0.15) is 11.6 Å². The van der Waals surface area contributed by atoms with Crippen LogP contribution in [0.4, 0.5) is 8.78 Å². The summed E-state index contributed by atoms with van der Waals surface area (Å²) in [6, 6.07) is 12.8. The maximum atomic E-state index is 14.6. The van der Waals surface area contributed by atoms with Crippen LogP contribution in [0, 0.1) is 17.6 Å². The topological polar surface area (TPSA) is 60.9 Å². The molecule has 2 heterocycles. The molecule has 2 fully saturated rings. The second-order valence-corrected chi connectivity index (χ2v) is 13.5. The van der Waals surface area contributed by atoms with E-state index in [1.807, 2.05) is 37.3 Å². The van der Waals surface area contributed by atoms with Gasteiger partial charge in [0, 0.05) is 61.3 Å². The highest BCUT2D eigenvalue weighted by molar-refractivity contribution is 7.88. The molecular formula is C28H38ClF2N3O3S. The Balaban J connectivity index is 0.000000494. The van der Waals surface area contributed by atoms with Crippen LogP contribution >= 0.6 is 11.6 Å². The largest absolute Gasteiger partial charge is 0.341 e. The van der Waals surface area contributed by atoms with Crippen LogP contribution in [0.5, 0.6) is 0 Å². The number of rotatable bonds is 3. The third kappa shape index (κ3) is 7.74. The molecule has 2 saturated heterocycles. The Morgan fingerprint density at radius 1 is 1.00 bits per heavy atom. The van der Waals surface area contributed by atoms with Gasteiger partial charge in [-0.3, -0.25) is 9.69 Å². The molecule has 2 aliphatic heterocycles. The minimum atomic E-state index is -3.36. The molecule has 0 radical (unpaired) electrons. The number of benzene rings is 2. The summed E-state index contributed by atoms with van der Waals surface area (Å²) in [5.41, 5.74) is 0.150. The van der Waals surface area contributed by atoms with E-state index in [1.165, 1.54) is 22.7 Å².